The number of hydrogen-bond donors (Lipinski definition) is 4. The van der Waals surface area contributed by atoms with Gasteiger partial charge in [-0.15, -0.1) is 0 Å². The summed E-state index contributed by atoms with van der Waals surface area (Å²) in [5.41, 5.74) is 7.90. The Labute approximate surface area is 200 Å². The molecular weight excluding hydrogens is 457 g/mol. The normalized spacial score (nSPS) is 11.3. The lowest BCUT2D eigenvalue weighted by Crippen LogP contribution is -2.19. The van der Waals surface area contributed by atoms with Gasteiger partial charge >= 0.3 is 6.03 Å². The molecule has 4 aromatic rings. The van der Waals surface area contributed by atoms with Crippen molar-refractivity contribution in [1.29, 1.82) is 0 Å². The van der Waals surface area contributed by atoms with Crippen LogP contribution in [0.1, 0.15) is 26.6 Å². The quantitative estimate of drug-likeness (QED) is 0.292. The Hall–Kier alpha value is -3.98. The van der Waals surface area contributed by atoms with Gasteiger partial charge in [-0.25, -0.2) is 24.1 Å². The Kier molecular flexibility index (Phi) is 6.21. The van der Waals surface area contributed by atoms with E-state index >= 15 is 4.39 Å². The molecule has 0 aliphatic heterocycles. The monoisotopic (exact) mass is 479 g/mol. The number of carbonyl (C=O) groups is 1. The maximum atomic E-state index is 15.0. The van der Waals surface area contributed by atoms with Crippen LogP contribution in [0.3, 0.4) is 0 Å². The van der Waals surface area contributed by atoms with Gasteiger partial charge in [-0.1, -0.05) is 32.4 Å². The molecule has 34 heavy (non-hydrogen) atoms. The second kappa shape index (κ2) is 9.11. The number of nitrogens with two attached hydrogens (primary N) is 1. The minimum Gasteiger partial charge on any atom is -0.368 e. The van der Waals surface area contributed by atoms with Crippen molar-refractivity contribution < 1.29 is 9.18 Å². The van der Waals surface area contributed by atoms with Crippen LogP contribution in [0.15, 0.2) is 54.7 Å². The van der Waals surface area contributed by atoms with E-state index in [1.54, 1.807) is 30.3 Å². The number of anilines is 3. The van der Waals surface area contributed by atoms with Crippen LogP contribution in [0.25, 0.3) is 22.6 Å². The van der Waals surface area contributed by atoms with Crippen molar-refractivity contribution in [3.05, 3.63) is 71.4 Å². The summed E-state index contributed by atoms with van der Waals surface area (Å²) in [6, 6.07) is 12.1. The van der Waals surface area contributed by atoms with Crippen molar-refractivity contribution in [3.63, 3.8) is 0 Å². The van der Waals surface area contributed by atoms with Crippen LogP contribution in [0, 0.1) is 5.82 Å². The maximum Gasteiger partial charge on any atom is 0.323 e. The van der Waals surface area contributed by atoms with Crippen LogP contribution in [0.5, 0.6) is 0 Å². The Morgan fingerprint density at radius 2 is 1.71 bits per heavy atom. The second-order valence-electron chi connectivity index (χ2n) is 8.64. The Balaban J connectivity index is 1.70. The highest BCUT2D eigenvalue weighted by molar-refractivity contribution is 6.30. The molecule has 5 N–H and O–H groups in total. The third kappa shape index (κ3) is 5.15. The van der Waals surface area contributed by atoms with Gasteiger partial charge in [0.25, 0.3) is 0 Å². The first kappa shape index (κ1) is 23.2. The first-order valence-corrected chi connectivity index (χ1v) is 10.8. The van der Waals surface area contributed by atoms with Crippen LogP contribution in [-0.2, 0) is 5.41 Å². The number of nitrogen functional groups attached to an aromatic ring is 1. The van der Waals surface area contributed by atoms with E-state index < -0.39 is 11.8 Å². The third-order valence-corrected chi connectivity index (χ3v) is 5.18. The van der Waals surface area contributed by atoms with Gasteiger partial charge in [0.1, 0.15) is 17.3 Å². The van der Waals surface area contributed by atoms with E-state index in [1.165, 1.54) is 24.4 Å². The molecule has 0 aliphatic carbocycles. The zero-order chi connectivity index (χ0) is 24.5. The molecule has 174 valence electrons. The van der Waals surface area contributed by atoms with Crippen molar-refractivity contribution in [1.82, 2.24) is 19.9 Å². The molecular formula is C24H23ClFN7O. The maximum absolute atomic E-state index is 15.0. The first-order chi connectivity index (χ1) is 16.1. The van der Waals surface area contributed by atoms with Crippen LogP contribution in [0.2, 0.25) is 5.02 Å². The van der Waals surface area contributed by atoms with Crippen molar-refractivity contribution in [2.45, 2.75) is 26.2 Å². The number of imidazole rings is 1. The Bertz CT molecular complexity index is 1350. The van der Waals surface area contributed by atoms with Gasteiger partial charge in [0.15, 0.2) is 0 Å². The second-order valence-corrected chi connectivity index (χ2v) is 9.08. The number of aromatic nitrogens is 4. The average Bonchev–Trinajstić information content (AvgIpc) is 3.23. The molecule has 0 radical (unpaired) electrons. The summed E-state index contributed by atoms with van der Waals surface area (Å²) in [6.45, 7) is 5.97. The fourth-order valence-corrected chi connectivity index (χ4v) is 3.36. The topological polar surface area (TPSA) is 122 Å². The minimum absolute atomic E-state index is 0.0881. The lowest BCUT2D eigenvalue weighted by Gasteiger charge is -2.14. The molecule has 2 heterocycles. The van der Waals surface area contributed by atoms with Crippen molar-refractivity contribution >= 4 is 35.0 Å². The van der Waals surface area contributed by atoms with E-state index in [-0.39, 0.29) is 16.9 Å². The Morgan fingerprint density at radius 3 is 2.38 bits per heavy atom. The van der Waals surface area contributed by atoms with Crippen LogP contribution < -0.4 is 16.4 Å². The van der Waals surface area contributed by atoms with Gasteiger partial charge in [0, 0.05) is 33.6 Å². The van der Waals surface area contributed by atoms with Gasteiger partial charge in [-0.2, -0.15) is 0 Å². The number of nitrogens with one attached hydrogen (secondary N) is 3. The molecule has 0 fully saturated rings. The molecule has 4 rings (SSSR count). The number of halogens is 2. The SMILES string of the molecule is CC(C)(C)c1nc(-c2cc(NC(=O)Nc3ccc(Cl)cc3)ccc2F)c(-c2ccnc(N)n2)[nH]1. The number of urea groups is 1. The summed E-state index contributed by atoms with van der Waals surface area (Å²) < 4.78 is 15.0. The summed E-state index contributed by atoms with van der Waals surface area (Å²) in [5, 5.41) is 5.98. The molecule has 2 aromatic heterocycles. The summed E-state index contributed by atoms with van der Waals surface area (Å²) in [5.74, 6) is 0.233. The highest BCUT2D eigenvalue weighted by Crippen LogP contribution is 2.35. The number of H-pyrrole nitrogens is 1. The van der Waals surface area contributed by atoms with E-state index in [4.69, 9.17) is 17.3 Å². The lowest BCUT2D eigenvalue weighted by atomic mass is 9.96. The molecule has 0 unspecified atom stereocenters. The van der Waals surface area contributed by atoms with Gasteiger partial charge in [-0.3, -0.25) is 0 Å². The zero-order valence-electron chi connectivity index (χ0n) is 18.8. The molecule has 0 bridgehead atoms. The smallest absolute Gasteiger partial charge is 0.323 e. The fraction of sp³-hybridized carbons (Fsp3) is 0.167. The number of rotatable bonds is 4. The molecule has 0 spiro atoms. The molecule has 2 aromatic carbocycles. The molecule has 0 saturated carbocycles. The van der Waals surface area contributed by atoms with E-state index in [1.807, 2.05) is 20.8 Å². The minimum atomic E-state index is -0.501. The number of hydrogen-bond acceptors (Lipinski definition) is 5. The van der Waals surface area contributed by atoms with E-state index in [0.29, 0.717) is 39.3 Å². The van der Waals surface area contributed by atoms with Crippen molar-refractivity contribution in [2.24, 2.45) is 0 Å². The highest BCUT2D eigenvalue weighted by atomic mass is 35.5. The predicted molar refractivity (Wildman–Crippen MR) is 132 cm³/mol. The first-order valence-electron chi connectivity index (χ1n) is 10.4. The van der Waals surface area contributed by atoms with Crippen molar-refractivity contribution in [2.75, 3.05) is 16.4 Å². The standard InChI is InChI=1S/C24H23ClFN7O/c1-24(2,3)21-32-19(20(33-21)18-10-11-28-22(27)31-18)16-12-15(8-9-17(16)26)30-23(34)29-14-6-4-13(25)5-7-14/h4-12H,1-3H3,(H,32,33)(H2,27,28,31)(H2,29,30,34). The van der Waals surface area contributed by atoms with E-state index in [9.17, 15) is 4.79 Å². The van der Waals surface area contributed by atoms with Gasteiger partial charge in [0.2, 0.25) is 5.95 Å². The number of aromatic amines is 1. The molecule has 0 atom stereocenters. The van der Waals surface area contributed by atoms with E-state index in [0.717, 1.165) is 0 Å². The van der Waals surface area contributed by atoms with Gasteiger partial charge < -0.3 is 21.4 Å². The van der Waals surface area contributed by atoms with Gasteiger partial charge in [0.05, 0.1) is 11.4 Å². The molecule has 0 aliphatic rings. The van der Waals surface area contributed by atoms with Crippen LogP contribution >= 0.6 is 11.6 Å². The van der Waals surface area contributed by atoms with E-state index in [2.05, 4.69) is 30.6 Å². The lowest BCUT2D eigenvalue weighted by molar-refractivity contribution is 0.262. The number of amides is 2. The summed E-state index contributed by atoms with van der Waals surface area (Å²) in [6.07, 6.45) is 1.52. The number of nitrogens with zero attached hydrogens (tertiary/aromatic N) is 3. The molecule has 0 saturated heterocycles. The fourth-order valence-electron chi connectivity index (χ4n) is 3.23. The van der Waals surface area contributed by atoms with Crippen LogP contribution in [-0.4, -0.2) is 26.0 Å². The summed E-state index contributed by atoms with van der Waals surface area (Å²) in [4.78, 5) is 28.6. The molecule has 10 heteroatoms. The highest BCUT2D eigenvalue weighted by Gasteiger charge is 2.25. The van der Waals surface area contributed by atoms with Crippen molar-refractivity contribution in [3.8, 4) is 22.6 Å². The largest absolute Gasteiger partial charge is 0.368 e. The molecule has 2 amide bonds. The summed E-state index contributed by atoms with van der Waals surface area (Å²) >= 11 is 5.88. The average molecular weight is 480 g/mol. The zero-order valence-corrected chi connectivity index (χ0v) is 19.5. The Morgan fingerprint density at radius 1 is 1.03 bits per heavy atom. The summed E-state index contributed by atoms with van der Waals surface area (Å²) in [7, 11) is 0. The molecule has 8 nitrogen and oxygen atoms in total. The third-order valence-electron chi connectivity index (χ3n) is 4.93. The number of carbonyl (C=O) groups excluding carboxylic acids is 1. The number of benzene rings is 2. The predicted octanol–water partition coefficient (Wildman–Crippen LogP) is 5.85. The van der Waals surface area contributed by atoms with Gasteiger partial charge in [-0.05, 0) is 48.5 Å². The van der Waals surface area contributed by atoms with Crippen LogP contribution in [0.4, 0.5) is 26.5 Å².